The van der Waals surface area contributed by atoms with Crippen molar-refractivity contribution in [1.82, 2.24) is 14.7 Å². The van der Waals surface area contributed by atoms with Crippen molar-refractivity contribution >= 4 is 23.6 Å². The molecular weight excluding hydrogens is 254 g/mol. The molecular formula is C11H15N3O3S. The molecule has 98 valence electrons. The second kappa shape index (κ2) is 5.90. The van der Waals surface area contributed by atoms with Gasteiger partial charge in [0.25, 0.3) is 0 Å². The zero-order valence-electron chi connectivity index (χ0n) is 9.91. The topological polar surface area (TPSA) is 75.4 Å². The molecule has 0 saturated carbocycles. The summed E-state index contributed by atoms with van der Waals surface area (Å²) in [6.45, 7) is 2.04. The zero-order chi connectivity index (χ0) is 13.0. The van der Waals surface area contributed by atoms with Crippen molar-refractivity contribution < 1.29 is 14.7 Å². The van der Waals surface area contributed by atoms with Crippen LogP contribution in [-0.2, 0) is 11.3 Å². The number of rotatable bonds is 4. The van der Waals surface area contributed by atoms with E-state index in [0.29, 0.717) is 13.0 Å². The highest BCUT2D eigenvalue weighted by Gasteiger charge is 2.16. The predicted octanol–water partition coefficient (Wildman–Crippen LogP) is 0.547. The summed E-state index contributed by atoms with van der Waals surface area (Å²) in [5.41, 5.74) is 0.150. The molecule has 1 aromatic rings. The van der Waals surface area contributed by atoms with Crippen molar-refractivity contribution in [2.24, 2.45) is 0 Å². The van der Waals surface area contributed by atoms with Crippen molar-refractivity contribution in [3.05, 3.63) is 18.0 Å². The largest absolute Gasteiger partial charge is 0.478 e. The molecule has 1 aliphatic heterocycles. The van der Waals surface area contributed by atoms with E-state index in [1.165, 1.54) is 17.1 Å². The average Bonchev–Trinajstić information content (AvgIpc) is 2.86. The number of carbonyl (C=O) groups excluding carboxylic acids is 1. The number of nitrogens with zero attached hydrogens (tertiary/aromatic N) is 3. The van der Waals surface area contributed by atoms with E-state index in [9.17, 15) is 9.59 Å². The summed E-state index contributed by atoms with van der Waals surface area (Å²) in [5, 5.41) is 12.7. The lowest BCUT2D eigenvalue weighted by atomic mass is 10.3. The fourth-order valence-electron chi connectivity index (χ4n) is 1.78. The van der Waals surface area contributed by atoms with Gasteiger partial charge in [0, 0.05) is 43.8 Å². The van der Waals surface area contributed by atoms with Gasteiger partial charge in [0.05, 0.1) is 11.8 Å². The molecule has 1 aromatic heterocycles. The number of carbonyl (C=O) groups is 2. The fourth-order valence-corrected chi connectivity index (χ4v) is 2.68. The minimum atomic E-state index is -0.999. The summed E-state index contributed by atoms with van der Waals surface area (Å²) in [7, 11) is 0. The van der Waals surface area contributed by atoms with Crippen LogP contribution >= 0.6 is 11.8 Å². The van der Waals surface area contributed by atoms with Crippen LogP contribution in [0.5, 0.6) is 0 Å². The van der Waals surface area contributed by atoms with Crippen LogP contribution in [0.3, 0.4) is 0 Å². The van der Waals surface area contributed by atoms with Gasteiger partial charge in [0.1, 0.15) is 0 Å². The Hall–Kier alpha value is -1.50. The Balaban J connectivity index is 1.82. The number of amides is 1. The number of aryl methyl sites for hydroxylation is 1. The molecule has 1 saturated heterocycles. The molecule has 1 aliphatic rings. The van der Waals surface area contributed by atoms with Gasteiger partial charge in [-0.15, -0.1) is 0 Å². The minimum absolute atomic E-state index is 0.114. The number of carboxylic acid groups (broad SMARTS) is 1. The quantitative estimate of drug-likeness (QED) is 0.863. The molecule has 18 heavy (non-hydrogen) atoms. The van der Waals surface area contributed by atoms with E-state index in [4.69, 9.17) is 5.11 Å². The molecule has 0 bridgehead atoms. The van der Waals surface area contributed by atoms with Gasteiger partial charge in [-0.1, -0.05) is 0 Å². The van der Waals surface area contributed by atoms with E-state index in [1.807, 2.05) is 16.7 Å². The van der Waals surface area contributed by atoms with Crippen molar-refractivity contribution in [3.63, 3.8) is 0 Å². The first-order valence-corrected chi connectivity index (χ1v) is 6.93. The van der Waals surface area contributed by atoms with Crippen molar-refractivity contribution in [1.29, 1.82) is 0 Å². The monoisotopic (exact) mass is 269 g/mol. The molecule has 6 nitrogen and oxygen atoms in total. The van der Waals surface area contributed by atoms with Crippen LogP contribution in [0.25, 0.3) is 0 Å². The molecule has 7 heteroatoms. The van der Waals surface area contributed by atoms with Crippen LogP contribution in [0.1, 0.15) is 16.8 Å². The van der Waals surface area contributed by atoms with Crippen LogP contribution in [0.2, 0.25) is 0 Å². The Morgan fingerprint density at radius 3 is 2.72 bits per heavy atom. The van der Waals surface area contributed by atoms with E-state index in [0.717, 1.165) is 24.6 Å². The number of aromatic carboxylic acids is 1. The van der Waals surface area contributed by atoms with Gasteiger partial charge in [-0.25, -0.2) is 4.79 Å². The van der Waals surface area contributed by atoms with Crippen molar-refractivity contribution in [3.8, 4) is 0 Å². The van der Waals surface area contributed by atoms with E-state index in [1.54, 1.807) is 0 Å². The first-order chi connectivity index (χ1) is 8.66. The highest BCUT2D eigenvalue weighted by atomic mass is 32.2. The van der Waals surface area contributed by atoms with E-state index < -0.39 is 5.97 Å². The van der Waals surface area contributed by atoms with Gasteiger partial charge < -0.3 is 10.0 Å². The highest BCUT2D eigenvalue weighted by Crippen LogP contribution is 2.10. The number of thioether (sulfide) groups is 1. The molecule has 0 aromatic carbocycles. The fraction of sp³-hybridized carbons (Fsp3) is 0.545. The molecule has 0 spiro atoms. The second-order valence-corrected chi connectivity index (χ2v) is 5.27. The first-order valence-electron chi connectivity index (χ1n) is 5.78. The molecule has 0 unspecified atom stereocenters. The summed E-state index contributed by atoms with van der Waals surface area (Å²) in [4.78, 5) is 24.4. The van der Waals surface area contributed by atoms with E-state index in [-0.39, 0.29) is 11.5 Å². The Bertz CT molecular complexity index is 440. The summed E-state index contributed by atoms with van der Waals surface area (Å²) >= 11 is 1.86. The Morgan fingerprint density at radius 1 is 1.39 bits per heavy atom. The normalized spacial score (nSPS) is 15.7. The van der Waals surface area contributed by atoms with Gasteiger partial charge in [-0.05, 0) is 0 Å². The maximum atomic E-state index is 11.9. The lowest BCUT2D eigenvalue weighted by Crippen LogP contribution is -2.38. The van der Waals surface area contributed by atoms with Gasteiger partial charge in [-0.2, -0.15) is 16.9 Å². The van der Waals surface area contributed by atoms with E-state index in [2.05, 4.69) is 5.10 Å². The van der Waals surface area contributed by atoms with Crippen LogP contribution in [0.15, 0.2) is 12.4 Å². The maximum absolute atomic E-state index is 11.9. The van der Waals surface area contributed by atoms with Crippen molar-refractivity contribution in [2.75, 3.05) is 24.6 Å². The third-order valence-electron chi connectivity index (χ3n) is 2.80. The number of hydrogen-bond acceptors (Lipinski definition) is 4. The zero-order valence-corrected chi connectivity index (χ0v) is 10.7. The molecule has 1 amide bonds. The summed E-state index contributed by atoms with van der Waals surface area (Å²) in [6, 6.07) is 0. The van der Waals surface area contributed by atoms with Crippen LogP contribution < -0.4 is 0 Å². The standard InChI is InChI=1S/C11H15N3O3S/c15-10(13-3-5-18-6-4-13)1-2-14-8-9(7-12-14)11(16)17/h7-8H,1-6H2,(H,16,17). The molecule has 0 aliphatic carbocycles. The highest BCUT2D eigenvalue weighted by molar-refractivity contribution is 7.99. The third kappa shape index (κ3) is 3.25. The van der Waals surface area contributed by atoms with E-state index >= 15 is 0 Å². The smallest absolute Gasteiger partial charge is 0.338 e. The SMILES string of the molecule is O=C(O)c1cnn(CCC(=O)N2CCSCC2)c1. The number of aromatic nitrogens is 2. The van der Waals surface area contributed by atoms with Gasteiger partial charge >= 0.3 is 5.97 Å². The lowest BCUT2D eigenvalue weighted by Gasteiger charge is -2.26. The van der Waals surface area contributed by atoms with Crippen LogP contribution in [0, 0.1) is 0 Å². The summed E-state index contributed by atoms with van der Waals surface area (Å²) < 4.78 is 1.50. The molecule has 2 rings (SSSR count). The third-order valence-corrected chi connectivity index (χ3v) is 3.74. The minimum Gasteiger partial charge on any atom is -0.478 e. The average molecular weight is 269 g/mol. The van der Waals surface area contributed by atoms with Gasteiger partial charge in [-0.3, -0.25) is 9.48 Å². The number of hydrogen-bond donors (Lipinski definition) is 1. The predicted molar refractivity (Wildman–Crippen MR) is 67.7 cm³/mol. The Labute approximate surface area is 109 Å². The van der Waals surface area contributed by atoms with Crippen LogP contribution in [0.4, 0.5) is 0 Å². The van der Waals surface area contributed by atoms with Gasteiger partial charge in [0.15, 0.2) is 0 Å². The first kappa shape index (κ1) is 12.9. The lowest BCUT2D eigenvalue weighted by molar-refractivity contribution is -0.131. The molecule has 1 N–H and O–H groups in total. The Kier molecular flexibility index (Phi) is 4.24. The van der Waals surface area contributed by atoms with Gasteiger partial charge in [0.2, 0.25) is 5.91 Å². The molecule has 0 atom stereocenters. The van der Waals surface area contributed by atoms with Crippen molar-refractivity contribution in [2.45, 2.75) is 13.0 Å². The second-order valence-electron chi connectivity index (χ2n) is 4.04. The van der Waals surface area contributed by atoms with Crippen LogP contribution in [-0.4, -0.2) is 56.3 Å². The molecule has 2 heterocycles. The molecule has 1 fully saturated rings. The Morgan fingerprint density at radius 2 is 2.11 bits per heavy atom. The summed E-state index contributed by atoms with van der Waals surface area (Å²) in [5.74, 6) is 1.11. The summed E-state index contributed by atoms with van der Waals surface area (Å²) in [6.07, 6.45) is 3.11. The molecule has 0 radical (unpaired) electrons. The number of carboxylic acids is 1. The maximum Gasteiger partial charge on any atom is 0.338 e.